The second-order valence-electron chi connectivity index (χ2n) is 2.65. The highest BCUT2D eigenvalue weighted by Gasteiger charge is 2.05. The maximum atomic E-state index is 10.9. The molecule has 0 saturated heterocycles. The number of ketones is 1. The monoisotopic (exact) mass is 306 g/mol. The molecule has 1 aromatic rings. The van der Waals surface area contributed by atoms with Crippen molar-refractivity contribution in [2.45, 2.75) is 13.8 Å². The van der Waals surface area contributed by atoms with Crippen molar-refractivity contribution in [3.8, 4) is 0 Å². The molecule has 0 aliphatic rings. The molecule has 1 rings (SSSR count). The Morgan fingerprint density at radius 3 is 2.46 bits per heavy atom. The highest BCUT2D eigenvalue weighted by molar-refractivity contribution is 9.13. The Morgan fingerprint density at radius 2 is 2.08 bits per heavy atom. The van der Waals surface area contributed by atoms with Gasteiger partial charge in [-0.2, -0.15) is 0 Å². The van der Waals surface area contributed by atoms with E-state index in [0.29, 0.717) is 16.0 Å². The van der Waals surface area contributed by atoms with Crippen LogP contribution in [0.2, 0.25) is 0 Å². The average molecular weight is 308 g/mol. The van der Waals surface area contributed by atoms with Gasteiger partial charge in [0.05, 0.1) is 4.47 Å². The number of rotatable bonds is 2. The largest absolute Gasteiger partial charge is 0.449 e. The summed E-state index contributed by atoms with van der Waals surface area (Å²) in [5.41, 5.74) is 0.675. The van der Waals surface area contributed by atoms with Gasteiger partial charge in [0.1, 0.15) is 5.76 Å². The maximum absolute atomic E-state index is 10.9. The van der Waals surface area contributed by atoms with Crippen molar-refractivity contribution in [2.75, 3.05) is 0 Å². The summed E-state index contributed by atoms with van der Waals surface area (Å²) in [4.78, 5) is 10.9. The predicted octanol–water partition coefficient (Wildman–Crippen LogP) is 3.80. The van der Waals surface area contributed by atoms with Crippen molar-refractivity contribution >= 4 is 43.7 Å². The summed E-state index contributed by atoms with van der Waals surface area (Å²) in [6.45, 7) is 3.28. The van der Waals surface area contributed by atoms with Gasteiger partial charge in [0, 0.05) is 0 Å². The van der Waals surface area contributed by atoms with Gasteiger partial charge in [-0.1, -0.05) is 0 Å². The molecule has 0 unspecified atom stereocenters. The van der Waals surface area contributed by atoms with Crippen LogP contribution >= 0.6 is 31.9 Å². The van der Waals surface area contributed by atoms with Crippen LogP contribution in [0.25, 0.3) is 6.08 Å². The van der Waals surface area contributed by atoms with Crippen LogP contribution in [0.1, 0.15) is 19.6 Å². The molecule has 0 aliphatic heterocycles. The number of Topliss-reactive ketones (excluding diaryl/α,β-unsaturated/α-hetero) is 1. The van der Waals surface area contributed by atoms with Crippen molar-refractivity contribution < 1.29 is 9.21 Å². The normalized spacial score (nSPS) is 11.8. The minimum Gasteiger partial charge on any atom is -0.449 e. The maximum Gasteiger partial charge on any atom is 0.184 e. The second-order valence-corrected chi connectivity index (χ2v) is 4.23. The van der Waals surface area contributed by atoms with Gasteiger partial charge in [-0.15, -0.1) is 0 Å². The summed E-state index contributed by atoms with van der Waals surface area (Å²) in [5, 5.41) is 0. The minimum atomic E-state index is 0.0450. The molecule has 0 saturated carbocycles. The van der Waals surface area contributed by atoms with Crippen LogP contribution in [0.3, 0.4) is 0 Å². The van der Waals surface area contributed by atoms with Gasteiger partial charge >= 0.3 is 0 Å². The van der Waals surface area contributed by atoms with Crippen molar-refractivity contribution in [3.63, 3.8) is 0 Å². The minimum absolute atomic E-state index is 0.0450. The van der Waals surface area contributed by atoms with Crippen LogP contribution in [0, 0.1) is 0 Å². The molecule has 4 heteroatoms. The van der Waals surface area contributed by atoms with Gasteiger partial charge in [-0.3, -0.25) is 4.79 Å². The number of hydrogen-bond acceptors (Lipinski definition) is 2. The van der Waals surface area contributed by atoms with Gasteiger partial charge < -0.3 is 4.42 Å². The summed E-state index contributed by atoms with van der Waals surface area (Å²) in [7, 11) is 0. The zero-order chi connectivity index (χ0) is 10.0. The van der Waals surface area contributed by atoms with Crippen LogP contribution in [-0.2, 0) is 4.79 Å². The fourth-order valence-electron chi connectivity index (χ4n) is 0.749. The molecule has 70 valence electrons. The Labute approximate surface area is 93.3 Å². The molecule has 1 heterocycles. The molecule has 0 bridgehead atoms. The first-order chi connectivity index (χ1) is 6.00. The first-order valence-corrected chi connectivity index (χ1v) is 5.23. The number of furan rings is 1. The van der Waals surface area contributed by atoms with E-state index in [0.717, 1.165) is 4.47 Å². The van der Waals surface area contributed by atoms with Gasteiger partial charge in [0.2, 0.25) is 0 Å². The second kappa shape index (κ2) is 4.24. The van der Waals surface area contributed by atoms with Crippen molar-refractivity contribution in [3.05, 3.63) is 26.5 Å². The third kappa shape index (κ3) is 2.81. The van der Waals surface area contributed by atoms with Gasteiger partial charge in [0.25, 0.3) is 0 Å². The highest BCUT2D eigenvalue weighted by Crippen LogP contribution is 2.27. The lowest BCUT2D eigenvalue weighted by atomic mass is 10.2. The third-order valence-electron chi connectivity index (χ3n) is 1.58. The molecule has 13 heavy (non-hydrogen) atoms. The standard InChI is InChI=1S/C9H8Br2O2/c1-5(6(2)12)3-7-4-8(10)9(11)13-7/h3-4H,1-2H3/b5-3+. The number of carbonyl (C=O) groups is 1. The Balaban J connectivity index is 2.98. The molecule has 0 fully saturated rings. The molecule has 0 atom stereocenters. The quantitative estimate of drug-likeness (QED) is 0.778. The Morgan fingerprint density at radius 1 is 1.46 bits per heavy atom. The average Bonchev–Trinajstić information content (AvgIpc) is 2.31. The number of allylic oxidation sites excluding steroid dienone is 1. The molecule has 0 N–H and O–H groups in total. The number of halogens is 2. The first-order valence-electron chi connectivity index (χ1n) is 3.65. The van der Waals surface area contributed by atoms with E-state index < -0.39 is 0 Å². The molecule has 1 aromatic heterocycles. The van der Waals surface area contributed by atoms with Crippen molar-refractivity contribution in [2.24, 2.45) is 0 Å². The van der Waals surface area contributed by atoms with Gasteiger partial charge in [0.15, 0.2) is 10.5 Å². The molecule has 0 radical (unpaired) electrons. The molecule has 2 nitrogen and oxygen atoms in total. The molecule has 0 aliphatic carbocycles. The van der Waals surface area contributed by atoms with Crippen LogP contribution in [-0.4, -0.2) is 5.78 Å². The van der Waals surface area contributed by atoms with E-state index in [1.807, 2.05) is 0 Å². The summed E-state index contributed by atoms with van der Waals surface area (Å²) < 4.78 is 6.75. The van der Waals surface area contributed by atoms with Crippen LogP contribution in [0.15, 0.2) is 25.2 Å². The van der Waals surface area contributed by atoms with Crippen molar-refractivity contribution in [1.82, 2.24) is 0 Å². The van der Waals surface area contributed by atoms with Crippen LogP contribution in [0.4, 0.5) is 0 Å². The molecular formula is C9H8Br2O2. The number of carbonyl (C=O) groups excluding carboxylic acids is 1. The summed E-state index contributed by atoms with van der Waals surface area (Å²) in [5.74, 6) is 0.704. The zero-order valence-corrected chi connectivity index (χ0v) is 10.4. The summed E-state index contributed by atoms with van der Waals surface area (Å²) in [6, 6.07) is 1.80. The van der Waals surface area contributed by atoms with E-state index in [9.17, 15) is 4.79 Å². The summed E-state index contributed by atoms with van der Waals surface area (Å²) >= 11 is 6.50. The predicted molar refractivity (Wildman–Crippen MR) is 58.4 cm³/mol. The van der Waals surface area contributed by atoms with E-state index in [1.54, 1.807) is 19.1 Å². The molecule has 0 amide bonds. The first kappa shape index (κ1) is 10.7. The smallest absolute Gasteiger partial charge is 0.184 e. The lowest BCUT2D eigenvalue weighted by molar-refractivity contribution is -0.113. The van der Waals surface area contributed by atoms with E-state index >= 15 is 0 Å². The highest BCUT2D eigenvalue weighted by atomic mass is 79.9. The lowest BCUT2D eigenvalue weighted by Crippen LogP contribution is -1.89. The van der Waals surface area contributed by atoms with Crippen molar-refractivity contribution in [1.29, 1.82) is 0 Å². The molecular weight excluding hydrogens is 300 g/mol. The molecule has 0 spiro atoms. The van der Waals surface area contributed by atoms with E-state index in [-0.39, 0.29) is 5.78 Å². The van der Waals surface area contributed by atoms with Gasteiger partial charge in [-0.05, 0) is 63.4 Å². The Hall–Kier alpha value is -0.350. The van der Waals surface area contributed by atoms with Crippen LogP contribution < -0.4 is 0 Å². The van der Waals surface area contributed by atoms with Crippen LogP contribution in [0.5, 0.6) is 0 Å². The van der Waals surface area contributed by atoms with E-state index in [4.69, 9.17) is 4.42 Å². The SMILES string of the molecule is CC(=O)/C(C)=C/c1cc(Br)c(Br)o1. The lowest BCUT2D eigenvalue weighted by Gasteiger charge is -1.90. The zero-order valence-electron chi connectivity index (χ0n) is 7.23. The summed E-state index contributed by atoms with van der Waals surface area (Å²) in [6.07, 6.45) is 1.71. The Bertz CT molecular complexity index is 344. The fraction of sp³-hybridized carbons (Fsp3) is 0.222. The third-order valence-corrected chi connectivity index (χ3v) is 3.29. The van der Waals surface area contributed by atoms with E-state index in [1.165, 1.54) is 6.92 Å². The molecule has 0 aromatic carbocycles. The number of hydrogen-bond donors (Lipinski definition) is 0. The topological polar surface area (TPSA) is 30.2 Å². The Kier molecular flexibility index (Phi) is 3.50. The van der Waals surface area contributed by atoms with Gasteiger partial charge in [-0.25, -0.2) is 0 Å². The van der Waals surface area contributed by atoms with E-state index in [2.05, 4.69) is 31.9 Å². The fourth-order valence-corrected chi connectivity index (χ4v) is 1.36.